The zero-order chi connectivity index (χ0) is 12.7. The van der Waals surface area contributed by atoms with Gasteiger partial charge in [0.2, 0.25) is 0 Å². The average Bonchev–Trinajstić information content (AvgIpc) is 2.05. The smallest absolute Gasteiger partial charge is 0.282 e. The molecule has 2 N–H and O–H groups in total. The van der Waals surface area contributed by atoms with E-state index in [0.717, 1.165) is 0 Å². The Kier molecular flexibility index (Phi) is 3.53. The largest absolute Gasteiger partial charge is 0.296 e. The van der Waals surface area contributed by atoms with Crippen molar-refractivity contribution in [2.24, 2.45) is 0 Å². The lowest BCUT2D eigenvalue weighted by Crippen LogP contribution is -2.04. The van der Waals surface area contributed by atoms with E-state index in [2.05, 4.69) is 0 Å². The Labute approximate surface area is 101 Å². The van der Waals surface area contributed by atoms with Crippen molar-refractivity contribution in [2.75, 3.05) is 0 Å². The molecule has 6 nitrogen and oxygen atoms in total. The summed E-state index contributed by atoms with van der Waals surface area (Å²) in [7, 11) is -9.22. The lowest BCUT2D eigenvalue weighted by molar-refractivity contribution is 0.478. The molecule has 16 heavy (non-hydrogen) atoms. The molecule has 0 heterocycles. The van der Waals surface area contributed by atoms with E-state index < -0.39 is 40.1 Å². The summed E-state index contributed by atoms with van der Waals surface area (Å²) >= 11 is 10.9. The van der Waals surface area contributed by atoms with Crippen molar-refractivity contribution >= 4 is 43.4 Å². The molecule has 90 valence electrons. The van der Waals surface area contributed by atoms with Crippen LogP contribution in [0.25, 0.3) is 0 Å². The monoisotopic (exact) mass is 306 g/mol. The second-order valence-electron chi connectivity index (χ2n) is 2.64. The van der Waals surface area contributed by atoms with Crippen molar-refractivity contribution in [3.05, 3.63) is 22.2 Å². The Morgan fingerprint density at radius 2 is 1.06 bits per heavy atom. The van der Waals surface area contributed by atoms with Gasteiger partial charge in [-0.15, -0.1) is 0 Å². The van der Waals surface area contributed by atoms with Gasteiger partial charge in [0.25, 0.3) is 20.2 Å². The molecule has 1 aromatic rings. The van der Waals surface area contributed by atoms with Crippen molar-refractivity contribution in [1.29, 1.82) is 0 Å². The van der Waals surface area contributed by atoms with Crippen molar-refractivity contribution < 1.29 is 25.9 Å². The Bertz CT molecular complexity index is 576. The first kappa shape index (κ1) is 13.7. The van der Waals surface area contributed by atoms with Crippen LogP contribution in [0.5, 0.6) is 0 Å². The second kappa shape index (κ2) is 4.13. The summed E-state index contributed by atoms with van der Waals surface area (Å²) in [4.78, 5) is -1.49. The maximum Gasteiger partial charge on any atom is 0.296 e. The third-order valence-corrected chi connectivity index (χ3v) is 4.47. The number of hydrogen-bond acceptors (Lipinski definition) is 4. The van der Waals surface area contributed by atoms with E-state index in [9.17, 15) is 16.8 Å². The van der Waals surface area contributed by atoms with Crippen molar-refractivity contribution in [1.82, 2.24) is 0 Å². The van der Waals surface area contributed by atoms with Gasteiger partial charge in [0.15, 0.2) is 0 Å². The van der Waals surface area contributed by atoms with Gasteiger partial charge in [0.05, 0.1) is 10.0 Å². The number of halogens is 2. The van der Waals surface area contributed by atoms with E-state index in [1.165, 1.54) is 0 Å². The van der Waals surface area contributed by atoms with Crippen LogP contribution in [0.15, 0.2) is 21.9 Å². The summed E-state index contributed by atoms with van der Waals surface area (Å²) in [6.07, 6.45) is 0. The fraction of sp³-hybridized carbons (Fsp3) is 0. The summed E-state index contributed by atoms with van der Waals surface area (Å²) in [6.45, 7) is 0. The SMILES string of the molecule is O=S(=O)(O)c1ccc(S(=O)(=O)O)c(Cl)c1Cl. The third kappa shape index (κ3) is 2.65. The Balaban J connectivity index is 3.67. The average molecular weight is 307 g/mol. The van der Waals surface area contributed by atoms with E-state index in [-0.39, 0.29) is 0 Å². The first-order chi connectivity index (χ1) is 7.05. The Hall–Kier alpha value is -0.380. The highest BCUT2D eigenvalue weighted by atomic mass is 35.5. The highest BCUT2D eigenvalue weighted by Gasteiger charge is 2.23. The van der Waals surface area contributed by atoms with Crippen molar-refractivity contribution in [3.8, 4) is 0 Å². The summed E-state index contributed by atoms with van der Waals surface area (Å²) in [5.74, 6) is 0. The maximum absolute atomic E-state index is 10.8. The molecule has 0 unspecified atom stereocenters. The van der Waals surface area contributed by atoms with Gasteiger partial charge >= 0.3 is 0 Å². The van der Waals surface area contributed by atoms with Crippen LogP contribution < -0.4 is 0 Å². The molecular weight excluding hydrogens is 303 g/mol. The van der Waals surface area contributed by atoms with Gasteiger partial charge in [-0.3, -0.25) is 9.11 Å². The fourth-order valence-corrected chi connectivity index (χ4v) is 3.08. The summed E-state index contributed by atoms with van der Waals surface area (Å²) < 4.78 is 60.5. The molecule has 0 bridgehead atoms. The first-order valence-corrected chi connectivity index (χ1v) is 7.11. The molecule has 0 aromatic heterocycles. The summed E-state index contributed by atoms with van der Waals surface area (Å²) in [5, 5.41) is -1.36. The van der Waals surface area contributed by atoms with Crippen LogP contribution in [0.1, 0.15) is 0 Å². The topological polar surface area (TPSA) is 109 Å². The third-order valence-electron chi connectivity index (χ3n) is 1.57. The minimum absolute atomic E-state index is 0.681. The fourth-order valence-electron chi connectivity index (χ4n) is 0.912. The molecule has 0 aliphatic carbocycles. The van der Waals surface area contributed by atoms with Crippen molar-refractivity contribution in [3.63, 3.8) is 0 Å². The summed E-state index contributed by atoms with van der Waals surface area (Å²) in [5.41, 5.74) is 0. The van der Waals surface area contributed by atoms with Gasteiger partial charge in [-0.05, 0) is 12.1 Å². The normalized spacial score (nSPS) is 12.8. The lowest BCUT2D eigenvalue weighted by Gasteiger charge is -2.06. The predicted molar refractivity (Wildman–Crippen MR) is 56.1 cm³/mol. The minimum Gasteiger partial charge on any atom is -0.282 e. The van der Waals surface area contributed by atoms with Gasteiger partial charge in [0.1, 0.15) is 9.79 Å². The molecule has 0 spiro atoms. The van der Waals surface area contributed by atoms with Crippen LogP contribution in [-0.2, 0) is 20.2 Å². The number of benzene rings is 1. The minimum atomic E-state index is -4.61. The van der Waals surface area contributed by atoms with Crippen LogP contribution in [0.2, 0.25) is 10.0 Å². The molecule has 0 saturated heterocycles. The number of hydrogen-bond donors (Lipinski definition) is 2. The van der Waals surface area contributed by atoms with Gasteiger partial charge in [-0.25, -0.2) is 0 Å². The van der Waals surface area contributed by atoms with Gasteiger partial charge in [-0.1, -0.05) is 23.2 Å². The molecular formula is C6H4Cl2O6S2. The molecule has 0 saturated carbocycles. The second-order valence-corrected chi connectivity index (χ2v) is 6.18. The molecule has 1 rings (SSSR count). The molecule has 10 heteroatoms. The zero-order valence-corrected chi connectivity index (χ0v) is 10.4. The molecule has 1 aromatic carbocycles. The van der Waals surface area contributed by atoms with Crippen LogP contribution in [0.4, 0.5) is 0 Å². The Morgan fingerprint density at radius 1 is 0.812 bits per heavy atom. The van der Waals surface area contributed by atoms with E-state index in [1.807, 2.05) is 0 Å². The molecule has 0 fully saturated rings. The van der Waals surface area contributed by atoms with Crippen LogP contribution in [-0.4, -0.2) is 25.9 Å². The van der Waals surface area contributed by atoms with Crippen LogP contribution in [0.3, 0.4) is 0 Å². The molecule has 0 amide bonds. The molecule has 0 atom stereocenters. The van der Waals surface area contributed by atoms with E-state index in [0.29, 0.717) is 12.1 Å². The van der Waals surface area contributed by atoms with E-state index in [4.69, 9.17) is 32.3 Å². The van der Waals surface area contributed by atoms with E-state index >= 15 is 0 Å². The van der Waals surface area contributed by atoms with Gasteiger partial charge < -0.3 is 0 Å². The molecule has 0 aliphatic heterocycles. The highest BCUT2D eigenvalue weighted by Crippen LogP contribution is 2.34. The predicted octanol–water partition coefficient (Wildman–Crippen LogP) is 1.49. The summed E-state index contributed by atoms with van der Waals surface area (Å²) in [6, 6.07) is 1.43. The standard InChI is InChI=1S/C6H4Cl2O6S2/c7-5-3(15(9,10)11)1-2-4(6(5)8)16(12,13)14/h1-2H,(H,9,10,11)(H,12,13,14). The van der Waals surface area contributed by atoms with Gasteiger partial charge in [0, 0.05) is 0 Å². The molecule has 0 aliphatic rings. The quantitative estimate of drug-likeness (QED) is 0.801. The van der Waals surface area contributed by atoms with E-state index in [1.54, 1.807) is 0 Å². The lowest BCUT2D eigenvalue weighted by atomic mass is 10.3. The maximum atomic E-state index is 10.8. The zero-order valence-electron chi connectivity index (χ0n) is 7.25. The first-order valence-electron chi connectivity index (χ1n) is 3.48. The van der Waals surface area contributed by atoms with Crippen LogP contribution in [0, 0.1) is 0 Å². The molecule has 0 radical (unpaired) electrons. The van der Waals surface area contributed by atoms with Crippen LogP contribution >= 0.6 is 23.2 Å². The Morgan fingerprint density at radius 3 is 1.25 bits per heavy atom. The number of rotatable bonds is 2. The highest BCUT2D eigenvalue weighted by molar-refractivity contribution is 7.86. The van der Waals surface area contributed by atoms with Crippen molar-refractivity contribution in [2.45, 2.75) is 9.79 Å². The van der Waals surface area contributed by atoms with Gasteiger partial charge in [-0.2, -0.15) is 16.8 Å².